The van der Waals surface area contributed by atoms with Crippen molar-refractivity contribution in [2.45, 2.75) is 37.8 Å². The van der Waals surface area contributed by atoms with E-state index in [2.05, 4.69) is 26.8 Å². The van der Waals surface area contributed by atoms with Crippen LogP contribution in [0.3, 0.4) is 0 Å². The SMILES string of the molecule is C[C@@H]1OC(c2ccc(OCCCO)cc2)=N[C@]1(Cc1ccc(Br)cc1)C(=O)NNCCc1ccc(Cl)cc1Cl. The molecule has 1 aliphatic rings. The molecule has 1 amide bonds. The summed E-state index contributed by atoms with van der Waals surface area (Å²) in [5, 5.41) is 10.1. The Bertz CT molecular complexity index is 1300. The molecular weight excluding hydrogens is 605 g/mol. The lowest BCUT2D eigenvalue weighted by molar-refractivity contribution is -0.129. The molecule has 0 radical (unpaired) electrons. The van der Waals surface area contributed by atoms with Crippen LogP contribution in [0.25, 0.3) is 0 Å². The lowest BCUT2D eigenvalue weighted by Gasteiger charge is -2.28. The van der Waals surface area contributed by atoms with Crippen molar-refractivity contribution in [3.8, 4) is 5.75 Å². The van der Waals surface area contributed by atoms with Crippen LogP contribution >= 0.6 is 39.1 Å². The summed E-state index contributed by atoms with van der Waals surface area (Å²) in [5.74, 6) is 0.784. The Hall–Kier alpha value is -2.62. The first kappa shape index (κ1) is 29.4. The van der Waals surface area contributed by atoms with Crippen molar-refractivity contribution in [1.82, 2.24) is 10.9 Å². The van der Waals surface area contributed by atoms with Gasteiger partial charge in [0.1, 0.15) is 11.9 Å². The van der Waals surface area contributed by atoms with Gasteiger partial charge < -0.3 is 14.6 Å². The molecule has 0 saturated heterocycles. The third-order valence-corrected chi connectivity index (χ3v) is 7.57. The zero-order valence-corrected chi connectivity index (χ0v) is 24.5. The highest BCUT2D eigenvalue weighted by Crippen LogP contribution is 2.33. The largest absolute Gasteiger partial charge is 0.494 e. The molecule has 0 aliphatic carbocycles. The van der Waals surface area contributed by atoms with Gasteiger partial charge in [0.25, 0.3) is 5.91 Å². The first-order chi connectivity index (χ1) is 18.8. The van der Waals surface area contributed by atoms with Gasteiger partial charge in [-0.1, -0.05) is 57.3 Å². The number of halogens is 3. The average Bonchev–Trinajstić information content (AvgIpc) is 3.26. The number of aliphatic hydroxyl groups is 1. The molecule has 206 valence electrons. The summed E-state index contributed by atoms with van der Waals surface area (Å²) in [7, 11) is 0. The second-order valence-corrected chi connectivity index (χ2v) is 11.0. The summed E-state index contributed by atoms with van der Waals surface area (Å²) in [6.45, 7) is 2.82. The number of nitrogens with zero attached hydrogens (tertiary/aromatic N) is 1. The molecule has 0 unspecified atom stereocenters. The third-order valence-electron chi connectivity index (χ3n) is 6.45. The average molecular weight is 635 g/mol. The highest BCUT2D eigenvalue weighted by atomic mass is 79.9. The van der Waals surface area contributed by atoms with Crippen LogP contribution in [-0.4, -0.2) is 48.3 Å². The van der Waals surface area contributed by atoms with Crippen molar-refractivity contribution in [1.29, 1.82) is 0 Å². The first-order valence-corrected chi connectivity index (χ1v) is 14.2. The fourth-order valence-corrected chi connectivity index (χ4v) is 5.00. The molecule has 3 aromatic rings. The topological polar surface area (TPSA) is 92.2 Å². The Labute approximate surface area is 246 Å². The molecule has 3 N–H and O–H groups in total. The number of amides is 1. The van der Waals surface area contributed by atoms with E-state index in [1.165, 1.54) is 0 Å². The number of ether oxygens (including phenoxy) is 2. The summed E-state index contributed by atoms with van der Waals surface area (Å²) >= 11 is 15.7. The van der Waals surface area contributed by atoms with E-state index in [0.29, 0.717) is 54.1 Å². The molecule has 0 bridgehead atoms. The Morgan fingerprint density at radius 2 is 1.87 bits per heavy atom. The molecule has 0 spiro atoms. The number of carbonyl (C=O) groups excluding carboxylic acids is 1. The molecule has 1 aliphatic heterocycles. The van der Waals surface area contributed by atoms with Crippen molar-refractivity contribution in [2.24, 2.45) is 4.99 Å². The van der Waals surface area contributed by atoms with Crippen LogP contribution in [0.4, 0.5) is 0 Å². The normalized spacial score (nSPS) is 18.4. The maximum atomic E-state index is 13.7. The van der Waals surface area contributed by atoms with Gasteiger partial charge in [-0.3, -0.25) is 10.2 Å². The summed E-state index contributed by atoms with van der Waals surface area (Å²) < 4.78 is 12.7. The zero-order chi connectivity index (χ0) is 27.8. The van der Waals surface area contributed by atoms with Crippen LogP contribution < -0.4 is 15.6 Å². The molecule has 39 heavy (non-hydrogen) atoms. The van der Waals surface area contributed by atoms with Crippen molar-refractivity contribution in [2.75, 3.05) is 19.8 Å². The monoisotopic (exact) mass is 633 g/mol. The van der Waals surface area contributed by atoms with Crippen molar-refractivity contribution in [3.63, 3.8) is 0 Å². The lowest BCUT2D eigenvalue weighted by Crippen LogP contribution is -2.56. The fourth-order valence-electron chi connectivity index (χ4n) is 4.23. The summed E-state index contributed by atoms with van der Waals surface area (Å²) in [5.41, 5.74) is 7.30. The van der Waals surface area contributed by atoms with Gasteiger partial charge >= 0.3 is 0 Å². The fraction of sp³-hybridized carbons (Fsp3) is 0.310. The number of benzene rings is 3. The summed E-state index contributed by atoms with van der Waals surface area (Å²) in [4.78, 5) is 18.6. The van der Waals surface area contributed by atoms with Crippen LogP contribution in [0.1, 0.15) is 30.0 Å². The maximum Gasteiger partial charge on any atom is 0.266 e. The van der Waals surface area contributed by atoms with Gasteiger partial charge in [0, 0.05) is 46.1 Å². The van der Waals surface area contributed by atoms with Gasteiger partial charge in [-0.25, -0.2) is 10.4 Å². The molecule has 0 saturated carbocycles. The van der Waals surface area contributed by atoms with Crippen LogP contribution in [0.15, 0.2) is 76.2 Å². The Balaban J connectivity index is 1.51. The Morgan fingerprint density at radius 3 is 2.56 bits per heavy atom. The molecular formula is C29H30BrCl2N3O4. The Kier molecular flexibility index (Phi) is 10.3. The standard InChI is InChI=1S/C29H30BrCl2N3O4/c1-19-29(18-20-3-8-23(30)9-4-20,28(37)35-33-14-13-21-5-10-24(31)17-26(21)32)34-27(39-19)22-6-11-25(12-7-22)38-16-2-15-36/h3-12,17,19,33,36H,2,13-16,18H2,1H3,(H,35,37)/t19-,29-/m0/s1. The number of aliphatic imine (C=N–C) groups is 1. The van der Waals surface area contributed by atoms with Gasteiger partial charge in [0.15, 0.2) is 5.54 Å². The highest BCUT2D eigenvalue weighted by Gasteiger charge is 2.50. The minimum absolute atomic E-state index is 0.0763. The van der Waals surface area contributed by atoms with Gasteiger partial charge in [-0.05, 0) is 73.0 Å². The van der Waals surface area contributed by atoms with E-state index in [1.54, 1.807) is 12.1 Å². The minimum Gasteiger partial charge on any atom is -0.494 e. The van der Waals surface area contributed by atoms with E-state index in [4.69, 9.17) is 42.8 Å². The number of nitrogens with one attached hydrogen (secondary N) is 2. The first-order valence-electron chi connectivity index (χ1n) is 12.6. The van der Waals surface area contributed by atoms with E-state index in [-0.39, 0.29) is 12.5 Å². The number of hydrogen-bond acceptors (Lipinski definition) is 6. The second kappa shape index (κ2) is 13.6. The molecule has 4 rings (SSSR count). The number of rotatable bonds is 12. The quantitative estimate of drug-likeness (QED) is 0.180. The van der Waals surface area contributed by atoms with E-state index >= 15 is 0 Å². The summed E-state index contributed by atoms with van der Waals surface area (Å²) in [6.07, 6.45) is 0.987. The number of aliphatic hydroxyl groups excluding tert-OH is 1. The van der Waals surface area contributed by atoms with Crippen LogP contribution in [0, 0.1) is 0 Å². The molecule has 0 aromatic heterocycles. The van der Waals surface area contributed by atoms with E-state index in [9.17, 15) is 4.79 Å². The lowest BCUT2D eigenvalue weighted by atomic mass is 9.86. The van der Waals surface area contributed by atoms with E-state index in [0.717, 1.165) is 21.2 Å². The number of hydrogen-bond donors (Lipinski definition) is 3. The highest BCUT2D eigenvalue weighted by molar-refractivity contribution is 9.10. The summed E-state index contributed by atoms with van der Waals surface area (Å²) in [6, 6.07) is 20.5. The maximum absolute atomic E-state index is 13.7. The predicted molar refractivity (Wildman–Crippen MR) is 158 cm³/mol. The van der Waals surface area contributed by atoms with Gasteiger partial charge in [0.05, 0.1) is 6.61 Å². The van der Waals surface area contributed by atoms with Crippen molar-refractivity contribution >= 4 is 50.9 Å². The molecule has 0 fully saturated rings. The second-order valence-electron chi connectivity index (χ2n) is 9.22. The van der Waals surface area contributed by atoms with Crippen LogP contribution in [0.5, 0.6) is 5.75 Å². The van der Waals surface area contributed by atoms with Gasteiger partial charge in [-0.2, -0.15) is 0 Å². The van der Waals surface area contributed by atoms with Crippen molar-refractivity contribution < 1.29 is 19.4 Å². The van der Waals surface area contributed by atoms with Crippen LogP contribution in [-0.2, 0) is 22.4 Å². The smallest absolute Gasteiger partial charge is 0.266 e. The molecule has 7 nitrogen and oxygen atoms in total. The van der Waals surface area contributed by atoms with Crippen LogP contribution in [0.2, 0.25) is 10.0 Å². The number of carbonyl (C=O) groups is 1. The predicted octanol–water partition coefficient (Wildman–Crippen LogP) is 5.53. The van der Waals surface area contributed by atoms with Gasteiger partial charge in [0.2, 0.25) is 5.90 Å². The minimum atomic E-state index is -1.19. The van der Waals surface area contributed by atoms with Crippen molar-refractivity contribution in [3.05, 3.63) is 97.9 Å². The molecule has 3 aromatic carbocycles. The van der Waals surface area contributed by atoms with Gasteiger partial charge in [-0.15, -0.1) is 0 Å². The zero-order valence-electron chi connectivity index (χ0n) is 21.4. The third kappa shape index (κ3) is 7.52. The van der Waals surface area contributed by atoms with E-state index in [1.807, 2.05) is 61.5 Å². The molecule has 1 heterocycles. The molecule has 2 atom stereocenters. The van der Waals surface area contributed by atoms with E-state index < -0.39 is 11.6 Å². The Morgan fingerprint density at radius 1 is 1.13 bits per heavy atom. The number of hydrazine groups is 1. The molecule has 10 heteroatoms.